The third-order valence-electron chi connectivity index (χ3n) is 3.50. The van der Waals surface area contributed by atoms with Crippen LogP contribution in [0.5, 0.6) is 5.75 Å². The average Bonchev–Trinajstić information content (AvgIpc) is 2.45. The van der Waals surface area contributed by atoms with Crippen LogP contribution < -0.4 is 21.1 Å². The fourth-order valence-corrected chi connectivity index (χ4v) is 3.24. The van der Waals surface area contributed by atoms with E-state index in [1.807, 2.05) is 24.3 Å². The highest BCUT2D eigenvalue weighted by atomic mass is 31.2. The first kappa shape index (κ1) is 16.0. The van der Waals surface area contributed by atoms with Crippen LogP contribution in [0.3, 0.4) is 0 Å². The Hall–Kier alpha value is -1.40. The van der Waals surface area contributed by atoms with Crippen LogP contribution in [-0.2, 0) is 15.9 Å². The minimum Gasteiger partial charge on any atom is -0.497 e. The van der Waals surface area contributed by atoms with Crippen molar-refractivity contribution in [1.29, 1.82) is 0 Å². The van der Waals surface area contributed by atoms with Gasteiger partial charge in [0, 0.05) is 13.1 Å². The number of hydrogen-bond acceptors (Lipinski definition) is 4. The summed E-state index contributed by atoms with van der Waals surface area (Å²) in [6.07, 6.45) is 1.41. The van der Waals surface area contributed by atoms with Gasteiger partial charge in [0.05, 0.1) is 13.2 Å². The predicted molar refractivity (Wildman–Crippen MR) is 80.6 cm³/mol. The highest BCUT2D eigenvalue weighted by molar-refractivity contribution is 7.57. The SMILES string of the molecule is COc1ccc(CN[C@H]2CCCN(P(N)(N)=O)C2=O)cc1. The predicted octanol–water partition coefficient (Wildman–Crippen LogP) is 0.801. The number of nitrogens with one attached hydrogen (secondary N) is 1. The molecule has 0 aromatic heterocycles. The van der Waals surface area contributed by atoms with Crippen LogP contribution in [-0.4, -0.2) is 30.3 Å². The van der Waals surface area contributed by atoms with E-state index in [1.54, 1.807) is 7.11 Å². The van der Waals surface area contributed by atoms with Crippen molar-refractivity contribution in [2.24, 2.45) is 11.0 Å². The van der Waals surface area contributed by atoms with Crippen molar-refractivity contribution < 1.29 is 14.1 Å². The van der Waals surface area contributed by atoms with Crippen LogP contribution in [0.15, 0.2) is 24.3 Å². The molecule has 1 aromatic rings. The Balaban J connectivity index is 1.95. The van der Waals surface area contributed by atoms with E-state index in [0.29, 0.717) is 19.5 Å². The Bertz CT molecular complexity index is 543. The number of benzene rings is 1. The summed E-state index contributed by atoms with van der Waals surface area (Å²) in [4.78, 5) is 12.2. The molecule has 0 radical (unpaired) electrons. The van der Waals surface area contributed by atoms with Gasteiger partial charge in [-0.1, -0.05) is 12.1 Å². The van der Waals surface area contributed by atoms with Gasteiger partial charge in [0.25, 0.3) is 0 Å². The van der Waals surface area contributed by atoms with E-state index in [-0.39, 0.29) is 5.91 Å². The molecule has 0 spiro atoms. The first-order valence-corrected chi connectivity index (χ1v) is 8.57. The van der Waals surface area contributed by atoms with E-state index in [2.05, 4.69) is 5.32 Å². The fraction of sp³-hybridized carbons (Fsp3) is 0.462. The fourth-order valence-electron chi connectivity index (χ4n) is 2.34. The molecule has 0 unspecified atom stereocenters. The van der Waals surface area contributed by atoms with E-state index in [9.17, 15) is 9.36 Å². The topological polar surface area (TPSA) is 111 Å². The van der Waals surface area contributed by atoms with Crippen molar-refractivity contribution in [3.63, 3.8) is 0 Å². The Morgan fingerprint density at radius 3 is 2.62 bits per heavy atom. The molecular weight excluding hydrogens is 291 g/mol. The monoisotopic (exact) mass is 312 g/mol. The molecule has 8 heteroatoms. The summed E-state index contributed by atoms with van der Waals surface area (Å²) < 4.78 is 17.9. The molecule has 7 nitrogen and oxygen atoms in total. The third kappa shape index (κ3) is 4.04. The normalized spacial score (nSPS) is 19.7. The van der Waals surface area contributed by atoms with E-state index in [0.717, 1.165) is 22.4 Å². The lowest BCUT2D eigenvalue weighted by molar-refractivity contribution is -0.130. The smallest absolute Gasteiger partial charge is 0.302 e. The zero-order chi connectivity index (χ0) is 15.5. The summed E-state index contributed by atoms with van der Waals surface area (Å²) in [6.45, 7) is 0.886. The number of carbonyl (C=O) groups is 1. The van der Waals surface area contributed by atoms with Gasteiger partial charge in [0.2, 0.25) is 5.91 Å². The lowest BCUT2D eigenvalue weighted by atomic mass is 10.1. The van der Waals surface area contributed by atoms with E-state index < -0.39 is 13.6 Å². The second-order valence-corrected chi connectivity index (χ2v) is 6.89. The zero-order valence-corrected chi connectivity index (χ0v) is 12.9. The second-order valence-electron chi connectivity index (χ2n) is 5.06. The number of amides is 1. The molecule has 5 N–H and O–H groups in total. The molecule has 1 atom stereocenters. The third-order valence-corrected chi connectivity index (χ3v) is 4.66. The van der Waals surface area contributed by atoms with Crippen LogP contribution in [0.2, 0.25) is 0 Å². The molecule has 1 aliphatic rings. The summed E-state index contributed by atoms with van der Waals surface area (Å²) in [5.41, 5.74) is 11.8. The number of carbonyl (C=O) groups excluding carboxylic acids is 1. The Morgan fingerprint density at radius 2 is 2.05 bits per heavy atom. The Kier molecular flexibility index (Phi) is 5.00. The minimum absolute atomic E-state index is 0.289. The summed E-state index contributed by atoms with van der Waals surface area (Å²) in [7, 11) is -1.90. The molecular formula is C13H21N4O3P. The van der Waals surface area contributed by atoms with Gasteiger partial charge in [-0.15, -0.1) is 0 Å². The molecule has 2 rings (SSSR count). The van der Waals surface area contributed by atoms with Gasteiger partial charge in [0.15, 0.2) is 0 Å². The molecule has 1 fully saturated rings. The van der Waals surface area contributed by atoms with Gasteiger partial charge in [-0.05, 0) is 30.5 Å². The van der Waals surface area contributed by atoms with E-state index in [4.69, 9.17) is 15.7 Å². The summed E-state index contributed by atoms with van der Waals surface area (Å²) in [5, 5.41) is 3.16. The number of hydrogen-bond donors (Lipinski definition) is 3. The zero-order valence-electron chi connectivity index (χ0n) is 12.0. The van der Waals surface area contributed by atoms with Crippen LogP contribution in [0, 0.1) is 0 Å². The first-order valence-electron chi connectivity index (χ1n) is 6.77. The molecule has 1 heterocycles. The largest absolute Gasteiger partial charge is 0.497 e. The number of piperidine rings is 1. The van der Waals surface area contributed by atoms with Crippen molar-refractivity contribution in [3.8, 4) is 5.75 Å². The number of ether oxygens (including phenoxy) is 1. The standard InChI is InChI=1S/C13H21N4O3P/c1-20-11-6-4-10(5-7-11)9-16-12-3-2-8-17(13(12)18)21(14,15)19/h4-7,12,16H,2-3,8-9H2,1H3,(H4,14,15,19)/t12-/m0/s1. The molecule has 1 saturated heterocycles. The quantitative estimate of drug-likeness (QED) is 0.694. The maximum absolute atomic E-state index is 12.2. The van der Waals surface area contributed by atoms with Gasteiger partial charge in [-0.2, -0.15) is 0 Å². The second kappa shape index (κ2) is 6.58. The van der Waals surface area contributed by atoms with Crippen molar-refractivity contribution in [2.75, 3.05) is 13.7 Å². The lowest BCUT2D eigenvalue weighted by Crippen LogP contribution is -2.50. The first-order chi connectivity index (χ1) is 9.91. The Morgan fingerprint density at radius 1 is 1.38 bits per heavy atom. The number of nitrogens with zero attached hydrogens (tertiary/aromatic N) is 1. The Labute approximate surface area is 124 Å². The number of rotatable bonds is 5. The molecule has 21 heavy (non-hydrogen) atoms. The van der Waals surface area contributed by atoms with Crippen molar-refractivity contribution in [2.45, 2.75) is 25.4 Å². The number of methoxy groups -OCH3 is 1. The van der Waals surface area contributed by atoms with Crippen LogP contribution in [0.1, 0.15) is 18.4 Å². The molecule has 1 amide bonds. The molecule has 0 aliphatic carbocycles. The van der Waals surface area contributed by atoms with Crippen molar-refractivity contribution in [3.05, 3.63) is 29.8 Å². The lowest BCUT2D eigenvalue weighted by Gasteiger charge is -2.34. The van der Waals surface area contributed by atoms with Crippen molar-refractivity contribution in [1.82, 2.24) is 9.99 Å². The van der Waals surface area contributed by atoms with Gasteiger partial charge < -0.3 is 10.1 Å². The van der Waals surface area contributed by atoms with E-state index in [1.165, 1.54) is 0 Å². The van der Waals surface area contributed by atoms with Gasteiger partial charge >= 0.3 is 7.59 Å². The molecule has 116 valence electrons. The van der Waals surface area contributed by atoms with Crippen LogP contribution >= 0.6 is 7.59 Å². The summed E-state index contributed by atoms with van der Waals surface area (Å²) >= 11 is 0. The van der Waals surface area contributed by atoms with Gasteiger partial charge in [-0.25, -0.2) is 0 Å². The molecule has 1 aromatic carbocycles. The molecule has 1 aliphatic heterocycles. The molecule has 0 saturated carbocycles. The summed E-state index contributed by atoms with van der Waals surface area (Å²) in [6, 6.07) is 7.17. The van der Waals surface area contributed by atoms with Gasteiger partial charge in [-0.3, -0.25) is 25.0 Å². The number of nitrogens with two attached hydrogens (primary N) is 2. The van der Waals surface area contributed by atoms with Gasteiger partial charge in [0.1, 0.15) is 5.75 Å². The van der Waals surface area contributed by atoms with Crippen molar-refractivity contribution >= 4 is 13.5 Å². The molecule has 0 bridgehead atoms. The summed E-state index contributed by atoms with van der Waals surface area (Å²) in [5.74, 6) is 0.494. The maximum Gasteiger partial charge on any atom is 0.302 e. The van der Waals surface area contributed by atoms with Crippen LogP contribution in [0.4, 0.5) is 0 Å². The highest BCUT2D eigenvalue weighted by Gasteiger charge is 2.35. The average molecular weight is 312 g/mol. The van der Waals surface area contributed by atoms with Crippen LogP contribution in [0.25, 0.3) is 0 Å². The highest BCUT2D eigenvalue weighted by Crippen LogP contribution is 2.35. The minimum atomic E-state index is -3.51. The van der Waals surface area contributed by atoms with E-state index >= 15 is 0 Å². The maximum atomic E-state index is 12.2.